The number of fused-ring (bicyclic) bond motifs is 1. The fraction of sp³-hybridized carbons (Fsp3) is 0.760. The van der Waals surface area contributed by atoms with E-state index in [1.165, 1.54) is 51.0 Å². The first-order valence-corrected chi connectivity index (χ1v) is 11.1. The van der Waals surface area contributed by atoms with Crippen molar-refractivity contribution in [3.05, 3.63) is 23.3 Å². The number of hydrogen-bond donors (Lipinski definition) is 0. The van der Waals surface area contributed by atoms with Gasteiger partial charge in [0.25, 0.3) is 0 Å². The maximum atomic E-state index is 10.8. The summed E-state index contributed by atoms with van der Waals surface area (Å²) in [7, 11) is 0. The van der Waals surface area contributed by atoms with Crippen molar-refractivity contribution in [3.63, 3.8) is 0 Å². The van der Waals surface area contributed by atoms with Crippen molar-refractivity contribution in [3.8, 4) is 0 Å². The third-order valence-electron chi connectivity index (χ3n) is 7.45. The standard InChI is InChI=1S/C25H41NO2/c1-18(10-8-11-20(3)26-28-21(4)27)12-14-22-19(2)13-15-23-24(5,6)16-9-17-25(22,23)7/h10,13,22-23H,8-9,11-12,14-17H2,1-7H3/b18-10+,26-20-/t22-,23+,25+/m1/s1. The molecule has 0 saturated heterocycles. The monoisotopic (exact) mass is 387 g/mol. The lowest BCUT2D eigenvalue weighted by Crippen LogP contribution is -2.48. The molecule has 158 valence electrons. The Hall–Kier alpha value is -1.38. The third-order valence-corrected chi connectivity index (χ3v) is 7.45. The lowest BCUT2D eigenvalue weighted by molar-refractivity contribution is -0.140. The smallest absolute Gasteiger partial charge is 0.319 e. The molecule has 0 radical (unpaired) electrons. The van der Waals surface area contributed by atoms with Crippen LogP contribution in [0.25, 0.3) is 0 Å². The summed E-state index contributed by atoms with van der Waals surface area (Å²) >= 11 is 0. The van der Waals surface area contributed by atoms with E-state index in [2.05, 4.69) is 51.9 Å². The highest BCUT2D eigenvalue weighted by atomic mass is 16.7. The summed E-state index contributed by atoms with van der Waals surface area (Å²) in [6.07, 6.45) is 14.5. The molecule has 1 fully saturated rings. The number of rotatable bonds is 7. The van der Waals surface area contributed by atoms with E-state index in [4.69, 9.17) is 4.84 Å². The number of hydrogen-bond acceptors (Lipinski definition) is 3. The van der Waals surface area contributed by atoms with Crippen molar-refractivity contribution >= 4 is 11.7 Å². The normalized spacial score (nSPS) is 30.5. The number of carbonyl (C=O) groups excluding carboxylic acids is 1. The van der Waals surface area contributed by atoms with Gasteiger partial charge in [-0.25, -0.2) is 4.79 Å². The Bertz CT molecular complexity index is 655. The van der Waals surface area contributed by atoms with Crippen LogP contribution in [0.5, 0.6) is 0 Å². The Kier molecular flexibility index (Phi) is 7.70. The van der Waals surface area contributed by atoms with Crippen LogP contribution in [-0.4, -0.2) is 11.7 Å². The Morgan fingerprint density at radius 3 is 2.61 bits per heavy atom. The van der Waals surface area contributed by atoms with Gasteiger partial charge in [-0.05, 0) is 88.4 Å². The third kappa shape index (κ3) is 5.58. The number of carbonyl (C=O) groups is 1. The zero-order valence-corrected chi connectivity index (χ0v) is 19.2. The molecule has 3 nitrogen and oxygen atoms in total. The number of oxime groups is 1. The highest BCUT2D eigenvalue weighted by molar-refractivity contribution is 5.82. The van der Waals surface area contributed by atoms with E-state index in [0.717, 1.165) is 24.5 Å². The van der Waals surface area contributed by atoms with Crippen molar-refractivity contribution in [2.45, 2.75) is 99.8 Å². The van der Waals surface area contributed by atoms with Gasteiger partial charge in [0.05, 0.1) is 5.71 Å². The summed E-state index contributed by atoms with van der Waals surface area (Å²) in [5, 5.41) is 3.85. The van der Waals surface area contributed by atoms with Crippen molar-refractivity contribution in [1.29, 1.82) is 0 Å². The van der Waals surface area contributed by atoms with E-state index in [1.807, 2.05) is 6.92 Å². The summed E-state index contributed by atoms with van der Waals surface area (Å²) < 4.78 is 0. The summed E-state index contributed by atoms with van der Waals surface area (Å²) in [5.74, 6) is 1.16. The zero-order valence-electron chi connectivity index (χ0n) is 19.2. The predicted octanol–water partition coefficient (Wildman–Crippen LogP) is 7.23. The average molecular weight is 388 g/mol. The fourth-order valence-electron chi connectivity index (χ4n) is 5.88. The minimum atomic E-state index is -0.361. The first-order chi connectivity index (χ1) is 13.1. The van der Waals surface area contributed by atoms with Gasteiger partial charge in [0.1, 0.15) is 0 Å². The van der Waals surface area contributed by atoms with Crippen LogP contribution in [0.3, 0.4) is 0 Å². The molecule has 2 aliphatic carbocycles. The second-order valence-electron chi connectivity index (χ2n) is 10.2. The molecule has 3 heteroatoms. The van der Waals surface area contributed by atoms with Gasteiger partial charge in [0.15, 0.2) is 0 Å². The number of nitrogens with zero attached hydrogens (tertiary/aromatic N) is 1. The van der Waals surface area contributed by atoms with Crippen molar-refractivity contribution in [2.75, 3.05) is 0 Å². The van der Waals surface area contributed by atoms with E-state index in [9.17, 15) is 4.79 Å². The summed E-state index contributed by atoms with van der Waals surface area (Å²) in [4.78, 5) is 15.5. The maximum Gasteiger partial charge on any atom is 0.331 e. The van der Waals surface area contributed by atoms with Crippen LogP contribution >= 0.6 is 0 Å². The Morgan fingerprint density at radius 2 is 1.93 bits per heavy atom. The topological polar surface area (TPSA) is 38.7 Å². The van der Waals surface area contributed by atoms with Crippen molar-refractivity contribution in [1.82, 2.24) is 0 Å². The molecule has 1 saturated carbocycles. The Morgan fingerprint density at radius 1 is 1.21 bits per heavy atom. The summed E-state index contributed by atoms with van der Waals surface area (Å²) in [6, 6.07) is 0. The van der Waals surface area contributed by atoms with Gasteiger partial charge in [-0.1, -0.05) is 55.6 Å². The molecular formula is C25H41NO2. The first-order valence-electron chi connectivity index (χ1n) is 11.1. The molecule has 3 atom stereocenters. The summed E-state index contributed by atoms with van der Waals surface area (Å²) in [5.41, 5.74) is 4.87. The van der Waals surface area contributed by atoms with E-state index in [-0.39, 0.29) is 5.97 Å². The molecule has 0 aromatic carbocycles. The molecule has 2 aliphatic rings. The average Bonchev–Trinajstić information content (AvgIpc) is 2.58. The predicted molar refractivity (Wildman–Crippen MR) is 118 cm³/mol. The molecule has 0 unspecified atom stereocenters. The molecule has 0 bridgehead atoms. The van der Waals surface area contributed by atoms with Crippen LogP contribution < -0.4 is 0 Å². The molecule has 2 rings (SSSR count). The largest absolute Gasteiger partial charge is 0.331 e. The van der Waals surface area contributed by atoms with Crippen molar-refractivity contribution < 1.29 is 9.63 Å². The molecule has 0 aromatic heterocycles. The highest BCUT2D eigenvalue weighted by Crippen LogP contribution is 2.60. The van der Waals surface area contributed by atoms with Crippen LogP contribution in [0.4, 0.5) is 0 Å². The molecule has 28 heavy (non-hydrogen) atoms. The zero-order chi connectivity index (χ0) is 20.9. The second kappa shape index (κ2) is 9.41. The minimum Gasteiger partial charge on any atom is -0.319 e. The Labute approximate surface area is 172 Å². The number of allylic oxidation sites excluding steroid dienone is 4. The SMILES string of the molecule is CC(=O)O/N=C(/C)CC/C=C(\C)CC[C@@H]1C(C)=CC[C@H]2C(C)(C)CCC[C@@]12C. The van der Waals surface area contributed by atoms with Crippen LogP contribution in [0.15, 0.2) is 28.5 Å². The van der Waals surface area contributed by atoms with Crippen LogP contribution in [-0.2, 0) is 9.63 Å². The molecular weight excluding hydrogens is 346 g/mol. The van der Waals surface area contributed by atoms with Gasteiger partial charge >= 0.3 is 5.97 Å². The molecule has 0 N–H and O–H groups in total. The van der Waals surface area contributed by atoms with Gasteiger partial charge in [-0.15, -0.1) is 0 Å². The lowest BCUT2D eigenvalue weighted by Gasteiger charge is -2.57. The lowest BCUT2D eigenvalue weighted by atomic mass is 9.48. The fourth-order valence-corrected chi connectivity index (χ4v) is 5.88. The van der Waals surface area contributed by atoms with Gasteiger partial charge in [-0.3, -0.25) is 0 Å². The first kappa shape index (κ1) is 22.9. The van der Waals surface area contributed by atoms with Gasteiger partial charge in [-0.2, -0.15) is 0 Å². The van der Waals surface area contributed by atoms with E-state index < -0.39 is 0 Å². The van der Waals surface area contributed by atoms with Crippen LogP contribution in [0, 0.1) is 22.7 Å². The van der Waals surface area contributed by atoms with Gasteiger partial charge in [0, 0.05) is 6.92 Å². The maximum absolute atomic E-state index is 10.8. The summed E-state index contributed by atoms with van der Waals surface area (Å²) in [6.45, 7) is 15.5. The second-order valence-corrected chi connectivity index (χ2v) is 10.2. The quantitative estimate of drug-likeness (QED) is 0.200. The Balaban J connectivity index is 1.95. The van der Waals surface area contributed by atoms with Crippen LogP contribution in [0.2, 0.25) is 0 Å². The minimum absolute atomic E-state index is 0.361. The van der Waals surface area contributed by atoms with E-state index in [1.54, 1.807) is 5.57 Å². The van der Waals surface area contributed by atoms with Crippen LogP contribution in [0.1, 0.15) is 99.8 Å². The molecule has 0 amide bonds. The molecule has 0 heterocycles. The van der Waals surface area contributed by atoms with Gasteiger partial charge in [0.2, 0.25) is 0 Å². The molecule has 0 aliphatic heterocycles. The van der Waals surface area contributed by atoms with E-state index >= 15 is 0 Å². The van der Waals surface area contributed by atoms with Gasteiger partial charge < -0.3 is 4.84 Å². The highest BCUT2D eigenvalue weighted by Gasteiger charge is 2.51. The molecule has 0 aromatic rings. The van der Waals surface area contributed by atoms with E-state index in [0.29, 0.717) is 16.7 Å². The van der Waals surface area contributed by atoms with Crippen molar-refractivity contribution in [2.24, 2.45) is 27.8 Å². The molecule has 0 spiro atoms.